The van der Waals surface area contributed by atoms with Crippen LogP contribution in [0, 0.1) is 16.0 Å². The molecule has 0 aromatic heterocycles. The zero-order chi connectivity index (χ0) is 12.1. The van der Waals surface area contributed by atoms with E-state index in [1.54, 1.807) is 6.07 Å². The van der Waals surface area contributed by atoms with E-state index in [4.69, 9.17) is 10.5 Å². The third kappa shape index (κ3) is 3.79. The average Bonchev–Trinajstić information content (AvgIpc) is 2.25. The van der Waals surface area contributed by atoms with Crippen LogP contribution in [0.4, 0.5) is 5.69 Å². The van der Waals surface area contributed by atoms with Crippen molar-refractivity contribution >= 4 is 21.6 Å². The van der Waals surface area contributed by atoms with Crippen molar-refractivity contribution in [1.82, 2.24) is 0 Å². The number of nitro benzene ring substituents is 1. The van der Waals surface area contributed by atoms with Crippen LogP contribution < -0.4 is 10.5 Å². The van der Waals surface area contributed by atoms with E-state index in [0.717, 1.165) is 0 Å². The Hall–Kier alpha value is -1.14. The number of ether oxygens (including phenoxy) is 1. The molecule has 0 fully saturated rings. The molecule has 0 amide bonds. The van der Waals surface area contributed by atoms with E-state index in [0.29, 0.717) is 23.4 Å². The van der Waals surface area contributed by atoms with E-state index in [2.05, 4.69) is 15.9 Å². The number of nitrogens with zero attached hydrogens (tertiary/aromatic N) is 1. The first-order valence-electron chi connectivity index (χ1n) is 4.80. The minimum atomic E-state index is -0.454. The van der Waals surface area contributed by atoms with Gasteiger partial charge in [0.2, 0.25) is 0 Å². The van der Waals surface area contributed by atoms with Crippen LogP contribution >= 0.6 is 15.9 Å². The molecule has 0 bridgehead atoms. The molecule has 0 saturated carbocycles. The molecule has 5 nitrogen and oxygen atoms in total. The molecule has 0 aliphatic heterocycles. The molecule has 0 radical (unpaired) electrons. The zero-order valence-electron chi connectivity index (χ0n) is 8.85. The highest BCUT2D eigenvalue weighted by atomic mass is 79.9. The smallest absolute Gasteiger partial charge is 0.274 e. The normalized spacial score (nSPS) is 12.2. The van der Waals surface area contributed by atoms with Gasteiger partial charge >= 0.3 is 0 Å². The van der Waals surface area contributed by atoms with Crippen LogP contribution in [-0.2, 0) is 0 Å². The number of nitrogens with two attached hydrogens (primary N) is 1. The van der Waals surface area contributed by atoms with Crippen LogP contribution in [0.3, 0.4) is 0 Å². The number of non-ortho nitro benzene ring substituents is 1. The van der Waals surface area contributed by atoms with Gasteiger partial charge in [-0.15, -0.1) is 0 Å². The Morgan fingerprint density at radius 3 is 2.81 bits per heavy atom. The lowest BCUT2D eigenvalue weighted by Crippen LogP contribution is -2.18. The van der Waals surface area contributed by atoms with Gasteiger partial charge in [-0.05, 0) is 12.6 Å². The highest BCUT2D eigenvalue weighted by Crippen LogP contribution is 2.26. The van der Waals surface area contributed by atoms with Gasteiger partial charge < -0.3 is 10.5 Å². The molecule has 16 heavy (non-hydrogen) atoms. The highest BCUT2D eigenvalue weighted by Gasteiger charge is 2.10. The fourth-order valence-corrected chi connectivity index (χ4v) is 1.50. The maximum atomic E-state index is 10.6. The Kier molecular flexibility index (Phi) is 4.70. The molecule has 0 saturated heterocycles. The van der Waals surface area contributed by atoms with Crippen LogP contribution in [0.25, 0.3) is 0 Å². The molecule has 0 aliphatic carbocycles. The first-order valence-corrected chi connectivity index (χ1v) is 5.60. The van der Waals surface area contributed by atoms with E-state index in [1.807, 2.05) is 6.92 Å². The minimum absolute atomic E-state index is 0.00442. The summed E-state index contributed by atoms with van der Waals surface area (Å²) in [7, 11) is 0. The van der Waals surface area contributed by atoms with E-state index in [1.165, 1.54) is 12.1 Å². The number of hydrogen-bond acceptors (Lipinski definition) is 4. The van der Waals surface area contributed by atoms with Crippen molar-refractivity contribution in [2.24, 2.45) is 11.7 Å². The van der Waals surface area contributed by atoms with E-state index < -0.39 is 4.92 Å². The number of benzene rings is 1. The van der Waals surface area contributed by atoms with Gasteiger partial charge in [0.05, 0.1) is 17.6 Å². The average molecular weight is 289 g/mol. The van der Waals surface area contributed by atoms with Crippen LogP contribution in [0.2, 0.25) is 0 Å². The van der Waals surface area contributed by atoms with Crippen molar-refractivity contribution in [3.63, 3.8) is 0 Å². The third-order valence-electron chi connectivity index (χ3n) is 2.00. The van der Waals surface area contributed by atoms with Crippen molar-refractivity contribution in [2.75, 3.05) is 13.2 Å². The predicted octanol–water partition coefficient (Wildman–Crippen LogP) is 2.33. The first kappa shape index (κ1) is 12.9. The minimum Gasteiger partial charge on any atom is -0.493 e. The second-order valence-corrected chi connectivity index (χ2v) is 4.47. The Labute approximate surface area is 102 Å². The van der Waals surface area contributed by atoms with Gasteiger partial charge in [0.1, 0.15) is 5.75 Å². The quantitative estimate of drug-likeness (QED) is 0.666. The largest absolute Gasteiger partial charge is 0.493 e. The number of hydrogen-bond donors (Lipinski definition) is 1. The van der Waals surface area contributed by atoms with Crippen molar-refractivity contribution in [2.45, 2.75) is 6.92 Å². The summed E-state index contributed by atoms with van der Waals surface area (Å²) < 4.78 is 6.04. The summed E-state index contributed by atoms with van der Waals surface area (Å²) in [6.45, 7) is 2.92. The third-order valence-corrected chi connectivity index (χ3v) is 2.46. The summed E-state index contributed by atoms with van der Waals surface area (Å²) in [5.41, 5.74) is 5.45. The molecular weight excluding hydrogens is 276 g/mol. The fourth-order valence-electron chi connectivity index (χ4n) is 1.04. The summed E-state index contributed by atoms with van der Waals surface area (Å²) in [6, 6.07) is 4.52. The van der Waals surface area contributed by atoms with Gasteiger partial charge in [-0.1, -0.05) is 22.9 Å². The topological polar surface area (TPSA) is 78.4 Å². The van der Waals surface area contributed by atoms with E-state index >= 15 is 0 Å². The van der Waals surface area contributed by atoms with Crippen molar-refractivity contribution < 1.29 is 9.66 Å². The molecule has 6 heteroatoms. The van der Waals surface area contributed by atoms with Gasteiger partial charge in [-0.25, -0.2) is 0 Å². The van der Waals surface area contributed by atoms with Gasteiger partial charge in [0.15, 0.2) is 0 Å². The summed E-state index contributed by atoms with van der Waals surface area (Å²) >= 11 is 3.20. The molecule has 1 aromatic rings. The van der Waals surface area contributed by atoms with Crippen LogP contribution in [0.15, 0.2) is 22.7 Å². The monoisotopic (exact) mass is 288 g/mol. The van der Waals surface area contributed by atoms with Gasteiger partial charge in [-0.2, -0.15) is 0 Å². The van der Waals surface area contributed by atoms with Gasteiger partial charge in [-0.3, -0.25) is 10.1 Å². The molecule has 0 aliphatic rings. The van der Waals surface area contributed by atoms with Crippen LogP contribution in [0.5, 0.6) is 5.75 Å². The standard InChI is InChI=1S/C10H13BrN2O3/c1-7(5-12)6-16-10-3-8(11)2-9(4-10)13(14)15/h2-4,7H,5-6,12H2,1H3. The van der Waals surface area contributed by atoms with Crippen molar-refractivity contribution in [3.8, 4) is 5.75 Å². The SMILES string of the molecule is CC(CN)COc1cc(Br)cc([N+](=O)[O-])c1. The predicted molar refractivity (Wildman–Crippen MR) is 64.5 cm³/mol. The molecule has 1 unspecified atom stereocenters. The molecule has 88 valence electrons. The second-order valence-electron chi connectivity index (χ2n) is 3.55. The van der Waals surface area contributed by atoms with E-state index in [9.17, 15) is 10.1 Å². The number of nitro groups is 1. The number of rotatable bonds is 5. The first-order chi connectivity index (χ1) is 7.52. The maximum absolute atomic E-state index is 10.6. The van der Waals surface area contributed by atoms with Gasteiger partial charge in [0, 0.05) is 16.5 Å². The van der Waals surface area contributed by atoms with E-state index in [-0.39, 0.29) is 11.6 Å². The lowest BCUT2D eigenvalue weighted by atomic mass is 10.2. The lowest BCUT2D eigenvalue weighted by Gasteiger charge is -2.10. The van der Waals surface area contributed by atoms with Gasteiger partial charge in [0.25, 0.3) is 5.69 Å². The Morgan fingerprint density at radius 1 is 1.56 bits per heavy atom. The highest BCUT2D eigenvalue weighted by molar-refractivity contribution is 9.10. The number of halogens is 1. The summed E-state index contributed by atoms with van der Waals surface area (Å²) in [4.78, 5) is 10.2. The van der Waals surface area contributed by atoms with Crippen molar-refractivity contribution in [1.29, 1.82) is 0 Å². The summed E-state index contributed by atoms with van der Waals surface area (Å²) in [5.74, 6) is 0.694. The molecule has 0 spiro atoms. The second kappa shape index (κ2) is 5.81. The molecular formula is C10H13BrN2O3. The molecule has 1 rings (SSSR count). The van der Waals surface area contributed by atoms with Crippen LogP contribution in [-0.4, -0.2) is 18.1 Å². The molecule has 1 atom stereocenters. The summed E-state index contributed by atoms with van der Waals surface area (Å²) in [6.07, 6.45) is 0. The Bertz CT molecular complexity index is 384. The summed E-state index contributed by atoms with van der Waals surface area (Å²) in [5, 5.41) is 10.6. The van der Waals surface area contributed by atoms with Crippen LogP contribution in [0.1, 0.15) is 6.92 Å². The fraction of sp³-hybridized carbons (Fsp3) is 0.400. The lowest BCUT2D eigenvalue weighted by molar-refractivity contribution is -0.385. The Morgan fingerprint density at radius 2 is 2.25 bits per heavy atom. The molecule has 0 heterocycles. The zero-order valence-corrected chi connectivity index (χ0v) is 10.4. The molecule has 2 N–H and O–H groups in total. The van der Waals surface area contributed by atoms with Crippen molar-refractivity contribution in [3.05, 3.63) is 32.8 Å². The molecule has 1 aromatic carbocycles. The Balaban J connectivity index is 2.76. The maximum Gasteiger partial charge on any atom is 0.274 e.